The van der Waals surface area contributed by atoms with Gasteiger partial charge in [0.15, 0.2) is 0 Å². The Balaban J connectivity index is 4.22. The molecule has 0 rings (SSSR count). The van der Waals surface area contributed by atoms with Crippen molar-refractivity contribution < 1.29 is 32.9 Å². The van der Waals surface area contributed by atoms with Gasteiger partial charge in [-0.3, -0.25) is 9.36 Å². The number of unbranched alkanes of at least 4 members (excludes halogenated alkanes) is 6. The Morgan fingerprint density at radius 1 is 0.706 bits per heavy atom. The normalized spacial score (nSPS) is 15.5. The van der Waals surface area contributed by atoms with Crippen LogP contribution in [-0.4, -0.2) is 68.5 Å². The zero-order valence-corrected chi connectivity index (χ0v) is 33.7. The van der Waals surface area contributed by atoms with Gasteiger partial charge in [-0.25, -0.2) is 0 Å². The standard InChI is InChI=1S/C42H73N2O6P/c1-6-8-10-12-13-14-15-16-17-18-19-20-21-22-23-24-25-26-27-28-29-30-31-32-34-36-42(46)43-40(41(45)35-33-11-9-7-2)39-50-51(47,48)49-38-37-44(3,4)5/h8,10,13-14,16-17,19-20,22-23,25-26,28-29,40-41,45H,6-7,9,11-12,15,18,21,24,27,30-39H2,1-5H3,(H-,43,46,47,48)/b10-8-,14-13-,17-16-,20-19-,23-22-,26-25-,29-28-. The molecule has 0 aromatic heterocycles. The quantitative estimate of drug-likeness (QED) is 0.0301. The molecule has 8 nitrogen and oxygen atoms in total. The van der Waals surface area contributed by atoms with Crippen LogP contribution in [0.1, 0.15) is 123 Å². The summed E-state index contributed by atoms with van der Waals surface area (Å²) >= 11 is 0. The van der Waals surface area contributed by atoms with Gasteiger partial charge in [0.2, 0.25) is 5.91 Å². The minimum Gasteiger partial charge on any atom is -0.756 e. The van der Waals surface area contributed by atoms with Crippen LogP contribution in [0.3, 0.4) is 0 Å². The van der Waals surface area contributed by atoms with Gasteiger partial charge in [-0.1, -0.05) is 131 Å². The molecule has 0 aromatic rings. The number of hydrogen-bond donors (Lipinski definition) is 2. The molecule has 0 heterocycles. The number of carbonyl (C=O) groups is 1. The molecular weight excluding hydrogens is 659 g/mol. The average molecular weight is 733 g/mol. The predicted molar refractivity (Wildman–Crippen MR) is 214 cm³/mol. The van der Waals surface area contributed by atoms with Gasteiger partial charge in [0, 0.05) is 6.42 Å². The van der Waals surface area contributed by atoms with Crippen LogP contribution in [0, 0.1) is 0 Å². The van der Waals surface area contributed by atoms with Crippen molar-refractivity contribution in [2.45, 2.75) is 135 Å². The summed E-state index contributed by atoms with van der Waals surface area (Å²) in [5, 5.41) is 13.6. The molecule has 292 valence electrons. The van der Waals surface area contributed by atoms with Crippen LogP contribution in [-0.2, 0) is 18.4 Å². The van der Waals surface area contributed by atoms with Gasteiger partial charge in [0.25, 0.3) is 7.82 Å². The Morgan fingerprint density at radius 2 is 1.20 bits per heavy atom. The van der Waals surface area contributed by atoms with Gasteiger partial charge in [-0.2, -0.15) is 0 Å². The van der Waals surface area contributed by atoms with E-state index >= 15 is 0 Å². The highest BCUT2D eigenvalue weighted by Crippen LogP contribution is 2.38. The Morgan fingerprint density at radius 3 is 1.69 bits per heavy atom. The molecule has 3 atom stereocenters. The van der Waals surface area contributed by atoms with E-state index < -0.39 is 20.0 Å². The minimum absolute atomic E-state index is 0.00142. The van der Waals surface area contributed by atoms with Crippen LogP contribution in [0.5, 0.6) is 0 Å². The lowest BCUT2D eigenvalue weighted by atomic mass is 10.0. The molecule has 0 saturated carbocycles. The molecule has 9 heteroatoms. The van der Waals surface area contributed by atoms with Crippen molar-refractivity contribution in [3.05, 3.63) is 85.1 Å². The maximum Gasteiger partial charge on any atom is 0.268 e. The first-order valence-electron chi connectivity index (χ1n) is 19.4. The molecule has 0 aliphatic heterocycles. The molecule has 3 unspecified atom stereocenters. The first kappa shape index (κ1) is 48.7. The lowest BCUT2D eigenvalue weighted by molar-refractivity contribution is -0.870. The first-order valence-corrected chi connectivity index (χ1v) is 20.9. The molecular formula is C42H73N2O6P. The number of quaternary nitrogens is 1. The van der Waals surface area contributed by atoms with Crippen LogP contribution in [0.4, 0.5) is 0 Å². The van der Waals surface area contributed by atoms with E-state index in [4.69, 9.17) is 9.05 Å². The van der Waals surface area contributed by atoms with Gasteiger partial charge in [0.05, 0.1) is 39.9 Å². The second-order valence-electron chi connectivity index (χ2n) is 13.9. The van der Waals surface area contributed by atoms with Crippen LogP contribution in [0.25, 0.3) is 0 Å². The topological polar surface area (TPSA) is 108 Å². The van der Waals surface area contributed by atoms with Gasteiger partial charge in [-0.05, 0) is 70.6 Å². The summed E-state index contributed by atoms with van der Waals surface area (Å²) in [4.78, 5) is 25.0. The summed E-state index contributed by atoms with van der Waals surface area (Å²) in [6, 6.07) is -0.819. The number of likely N-dealkylation sites (N-methyl/N-ethyl adjacent to an activating group) is 1. The van der Waals surface area contributed by atoms with Gasteiger partial charge >= 0.3 is 0 Å². The van der Waals surface area contributed by atoms with E-state index in [-0.39, 0.29) is 19.1 Å². The number of phosphoric acid groups is 1. The van der Waals surface area contributed by atoms with Crippen molar-refractivity contribution in [1.82, 2.24) is 5.32 Å². The molecule has 2 N–H and O–H groups in total. The summed E-state index contributed by atoms with van der Waals surface area (Å²) in [5.74, 6) is -0.212. The molecule has 0 spiro atoms. The third-order valence-corrected chi connectivity index (χ3v) is 8.86. The predicted octanol–water partition coefficient (Wildman–Crippen LogP) is 9.60. The van der Waals surface area contributed by atoms with E-state index in [1.54, 1.807) is 0 Å². The lowest BCUT2D eigenvalue weighted by Gasteiger charge is -2.30. The molecule has 51 heavy (non-hydrogen) atoms. The Kier molecular flexibility index (Phi) is 32.0. The second kappa shape index (κ2) is 33.5. The lowest BCUT2D eigenvalue weighted by Crippen LogP contribution is -2.46. The summed E-state index contributed by atoms with van der Waals surface area (Å²) < 4.78 is 22.9. The molecule has 0 radical (unpaired) electrons. The number of hydrogen-bond acceptors (Lipinski definition) is 6. The van der Waals surface area contributed by atoms with E-state index in [2.05, 4.69) is 104 Å². The van der Waals surface area contributed by atoms with Crippen molar-refractivity contribution in [3.8, 4) is 0 Å². The SMILES string of the molecule is CC/C=C\C/C=C\C/C=C\C/C=C\C/C=C\C/C=C\C/C=C\CCCCCC(=O)NC(COP(=O)([O-])OCC[N+](C)(C)C)C(O)CCCCCC. The van der Waals surface area contributed by atoms with Crippen LogP contribution >= 0.6 is 7.82 Å². The number of allylic oxidation sites excluding steroid dienone is 14. The third-order valence-electron chi connectivity index (χ3n) is 7.90. The molecule has 0 aliphatic carbocycles. The van der Waals surface area contributed by atoms with E-state index in [1.807, 2.05) is 21.1 Å². The monoisotopic (exact) mass is 733 g/mol. The van der Waals surface area contributed by atoms with E-state index in [0.717, 1.165) is 96.3 Å². The van der Waals surface area contributed by atoms with Gasteiger partial charge in [0.1, 0.15) is 13.2 Å². The fraction of sp³-hybridized carbons (Fsp3) is 0.643. The fourth-order valence-electron chi connectivity index (χ4n) is 4.78. The largest absolute Gasteiger partial charge is 0.756 e. The maximum absolute atomic E-state index is 12.7. The fourth-order valence-corrected chi connectivity index (χ4v) is 5.50. The zero-order valence-electron chi connectivity index (χ0n) is 32.8. The highest BCUT2D eigenvalue weighted by molar-refractivity contribution is 7.45. The van der Waals surface area contributed by atoms with E-state index in [0.29, 0.717) is 23.9 Å². The molecule has 0 bridgehead atoms. The van der Waals surface area contributed by atoms with Crippen molar-refractivity contribution in [1.29, 1.82) is 0 Å². The van der Waals surface area contributed by atoms with E-state index in [9.17, 15) is 19.4 Å². The van der Waals surface area contributed by atoms with Crippen molar-refractivity contribution in [2.75, 3.05) is 40.9 Å². The van der Waals surface area contributed by atoms with Crippen LogP contribution < -0.4 is 10.2 Å². The summed E-state index contributed by atoms with van der Waals surface area (Å²) in [6.45, 7) is 4.40. The van der Waals surface area contributed by atoms with E-state index in [1.165, 1.54) is 0 Å². The molecule has 0 aliphatic rings. The minimum atomic E-state index is -4.56. The smallest absolute Gasteiger partial charge is 0.268 e. The maximum atomic E-state index is 12.7. The number of phosphoric ester groups is 1. The van der Waals surface area contributed by atoms with Gasteiger partial charge in [-0.15, -0.1) is 0 Å². The average Bonchev–Trinajstić information content (AvgIpc) is 3.07. The number of rotatable bonds is 33. The number of carbonyl (C=O) groups excluding carboxylic acids is 1. The zero-order chi connectivity index (χ0) is 37.9. The number of nitrogens with one attached hydrogen (secondary N) is 1. The Bertz CT molecular complexity index is 1100. The van der Waals surface area contributed by atoms with Crippen molar-refractivity contribution in [2.24, 2.45) is 0 Å². The van der Waals surface area contributed by atoms with Crippen LogP contribution in [0.2, 0.25) is 0 Å². The Labute approximate surface area is 312 Å². The summed E-state index contributed by atoms with van der Waals surface area (Å²) in [7, 11) is 1.25. The number of aliphatic hydroxyl groups is 1. The van der Waals surface area contributed by atoms with Crippen molar-refractivity contribution >= 4 is 13.7 Å². The first-order chi connectivity index (χ1) is 24.5. The number of nitrogens with zero attached hydrogens (tertiary/aromatic N) is 1. The second-order valence-corrected chi connectivity index (χ2v) is 15.3. The molecule has 0 aromatic carbocycles. The highest BCUT2D eigenvalue weighted by atomic mass is 31.2. The molecule has 1 amide bonds. The van der Waals surface area contributed by atoms with Gasteiger partial charge < -0.3 is 28.8 Å². The summed E-state index contributed by atoms with van der Waals surface area (Å²) in [5.41, 5.74) is 0. The van der Waals surface area contributed by atoms with Crippen molar-refractivity contribution in [3.63, 3.8) is 0 Å². The molecule has 0 fully saturated rings. The third kappa shape index (κ3) is 35.9. The molecule has 0 saturated heterocycles. The summed E-state index contributed by atoms with van der Waals surface area (Å²) in [6.07, 6.45) is 45.1. The Hall–Kier alpha value is -2.32. The van der Waals surface area contributed by atoms with Crippen LogP contribution in [0.15, 0.2) is 85.1 Å². The number of amides is 1. The number of aliphatic hydroxyl groups excluding tert-OH is 1. The highest BCUT2D eigenvalue weighted by Gasteiger charge is 2.24.